The first-order chi connectivity index (χ1) is 14.5. The van der Waals surface area contributed by atoms with Gasteiger partial charge in [0.25, 0.3) is 0 Å². The number of benzene rings is 1. The number of para-hydroxylation sites is 1. The summed E-state index contributed by atoms with van der Waals surface area (Å²) < 4.78 is 0. The molecule has 8 heteroatoms. The Morgan fingerprint density at radius 3 is 1.93 bits per heavy atom. The molecular formula is C22H30N6O2. The first kappa shape index (κ1) is 20.4. The zero-order valence-corrected chi connectivity index (χ0v) is 17.7. The number of hydrogen-bond donors (Lipinski definition) is 2. The van der Waals surface area contributed by atoms with Gasteiger partial charge in [0.2, 0.25) is 17.8 Å². The lowest BCUT2D eigenvalue weighted by Crippen LogP contribution is -2.42. The highest BCUT2D eigenvalue weighted by molar-refractivity contribution is 5.90. The molecule has 1 aromatic heterocycles. The van der Waals surface area contributed by atoms with Gasteiger partial charge in [-0.2, -0.15) is 4.98 Å². The van der Waals surface area contributed by atoms with Crippen molar-refractivity contribution in [3.05, 3.63) is 24.3 Å². The largest absolute Gasteiger partial charge is 0.367 e. The van der Waals surface area contributed by atoms with Crippen LogP contribution in [0.1, 0.15) is 39.5 Å². The maximum absolute atomic E-state index is 11.6. The number of hydrogen-bond acceptors (Lipinski definition) is 6. The van der Waals surface area contributed by atoms with Crippen LogP contribution < -0.4 is 10.6 Å². The van der Waals surface area contributed by atoms with Crippen molar-refractivity contribution in [1.82, 2.24) is 19.8 Å². The van der Waals surface area contributed by atoms with Crippen molar-refractivity contribution in [2.24, 2.45) is 0 Å². The fraction of sp³-hybridized carbons (Fsp3) is 0.545. The normalized spacial score (nSPS) is 18.5. The molecule has 2 amide bonds. The van der Waals surface area contributed by atoms with Gasteiger partial charge >= 0.3 is 0 Å². The number of amides is 2. The summed E-state index contributed by atoms with van der Waals surface area (Å²) in [5.41, 5.74) is 0.903. The van der Waals surface area contributed by atoms with Crippen LogP contribution in [-0.4, -0.2) is 69.8 Å². The molecule has 1 aromatic carbocycles. The quantitative estimate of drug-likeness (QED) is 0.805. The molecule has 2 saturated heterocycles. The highest BCUT2D eigenvalue weighted by atomic mass is 16.2. The second kappa shape index (κ2) is 8.85. The average Bonchev–Trinajstić information content (AvgIpc) is 2.74. The Hall–Kier alpha value is -2.90. The monoisotopic (exact) mass is 410 g/mol. The molecule has 0 atom stereocenters. The highest BCUT2D eigenvalue weighted by Crippen LogP contribution is 2.25. The van der Waals surface area contributed by atoms with E-state index >= 15 is 0 Å². The van der Waals surface area contributed by atoms with E-state index in [0.717, 1.165) is 68.6 Å². The fourth-order valence-electron chi connectivity index (χ4n) is 4.30. The minimum atomic E-state index is 0.137. The molecule has 4 rings (SSSR count). The van der Waals surface area contributed by atoms with Crippen LogP contribution >= 0.6 is 0 Å². The third-order valence-electron chi connectivity index (χ3n) is 6.16. The Kier molecular flexibility index (Phi) is 6.01. The number of rotatable bonds is 4. The Labute approximate surface area is 177 Å². The molecule has 0 saturated carbocycles. The lowest BCUT2D eigenvalue weighted by molar-refractivity contribution is -0.130. The number of likely N-dealkylation sites (tertiary alicyclic amines) is 2. The summed E-state index contributed by atoms with van der Waals surface area (Å²) in [5, 5.41) is 8.08. The van der Waals surface area contributed by atoms with E-state index in [-0.39, 0.29) is 23.9 Å². The van der Waals surface area contributed by atoms with Gasteiger partial charge in [0.1, 0.15) is 5.82 Å². The van der Waals surface area contributed by atoms with Gasteiger partial charge in [-0.3, -0.25) is 9.59 Å². The first-order valence-electron chi connectivity index (χ1n) is 10.8. The Morgan fingerprint density at radius 1 is 0.833 bits per heavy atom. The topological polar surface area (TPSA) is 90.5 Å². The molecule has 2 N–H and O–H groups in total. The molecule has 0 radical (unpaired) electrons. The fourth-order valence-corrected chi connectivity index (χ4v) is 4.30. The third-order valence-corrected chi connectivity index (χ3v) is 6.16. The zero-order valence-electron chi connectivity index (χ0n) is 17.7. The van der Waals surface area contributed by atoms with Gasteiger partial charge in [-0.15, -0.1) is 0 Å². The Balaban J connectivity index is 1.48. The van der Waals surface area contributed by atoms with Gasteiger partial charge in [0.05, 0.1) is 5.52 Å². The summed E-state index contributed by atoms with van der Waals surface area (Å²) in [6.07, 6.45) is 3.60. The predicted octanol–water partition coefficient (Wildman–Crippen LogP) is 2.48. The number of fused-ring (bicyclic) bond motifs is 1. The van der Waals surface area contributed by atoms with Crippen molar-refractivity contribution in [2.75, 3.05) is 36.8 Å². The van der Waals surface area contributed by atoms with Crippen molar-refractivity contribution >= 4 is 34.5 Å². The maximum Gasteiger partial charge on any atom is 0.225 e. The van der Waals surface area contributed by atoms with E-state index in [2.05, 4.69) is 10.6 Å². The maximum atomic E-state index is 11.6. The number of carbonyl (C=O) groups is 2. The summed E-state index contributed by atoms with van der Waals surface area (Å²) >= 11 is 0. The minimum absolute atomic E-state index is 0.137. The molecule has 2 fully saturated rings. The number of carbonyl (C=O) groups excluding carboxylic acids is 2. The summed E-state index contributed by atoms with van der Waals surface area (Å²) in [6.45, 7) is 6.33. The van der Waals surface area contributed by atoms with Gasteiger partial charge < -0.3 is 20.4 Å². The predicted molar refractivity (Wildman–Crippen MR) is 117 cm³/mol. The van der Waals surface area contributed by atoms with E-state index in [9.17, 15) is 9.59 Å². The Bertz CT molecular complexity index is 917. The summed E-state index contributed by atoms with van der Waals surface area (Å²) in [5.74, 6) is 1.74. The van der Waals surface area contributed by atoms with Gasteiger partial charge in [0.15, 0.2) is 0 Å². The van der Waals surface area contributed by atoms with Crippen LogP contribution in [0.2, 0.25) is 0 Å². The van der Waals surface area contributed by atoms with Crippen LogP contribution in [-0.2, 0) is 9.59 Å². The van der Waals surface area contributed by atoms with Crippen LogP contribution in [0.4, 0.5) is 11.8 Å². The molecule has 0 aliphatic carbocycles. The second-order valence-corrected chi connectivity index (χ2v) is 8.26. The van der Waals surface area contributed by atoms with Crippen molar-refractivity contribution in [1.29, 1.82) is 0 Å². The summed E-state index contributed by atoms with van der Waals surface area (Å²) in [6, 6.07) is 8.57. The molecule has 0 unspecified atom stereocenters. The minimum Gasteiger partial charge on any atom is -0.367 e. The van der Waals surface area contributed by atoms with E-state index in [1.807, 2.05) is 34.1 Å². The van der Waals surface area contributed by atoms with Gasteiger partial charge in [-0.1, -0.05) is 12.1 Å². The number of piperidine rings is 2. The summed E-state index contributed by atoms with van der Waals surface area (Å²) in [4.78, 5) is 36.4. The van der Waals surface area contributed by atoms with E-state index in [1.165, 1.54) is 0 Å². The lowest BCUT2D eigenvalue weighted by atomic mass is 10.0. The number of anilines is 2. The highest BCUT2D eigenvalue weighted by Gasteiger charge is 2.23. The second-order valence-electron chi connectivity index (χ2n) is 8.26. The smallest absolute Gasteiger partial charge is 0.225 e. The molecule has 8 nitrogen and oxygen atoms in total. The molecule has 30 heavy (non-hydrogen) atoms. The van der Waals surface area contributed by atoms with Crippen LogP contribution in [0.3, 0.4) is 0 Å². The summed E-state index contributed by atoms with van der Waals surface area (Å²) in [7, 11) is 0. The number of nitrogens with zero attached hydrogens (tertiary/aromatic N) is 4. The Morgan fingerprint density at radius 2 is 1.37 bits per heavy atom. The van der Waals surface area contributed by atoms with E-state index in [1.54, 1.807) is 13.8 Å². The van der Waals surface area contributed by atoms with Crippen molar-refractivity contribution in [2.45, 2.75) is 51.6 Å². The zero-order chi connectivity index (χ0) is 21.1. The van der Waals surface area contributed by atoms with E-state index in [4.69, 9.17) is 9.97 Å². The van der Waals surface area contributed by atoms with Crippen LogP contribution in [0.5, 0.6) is 0 Å². The average molecular weight is 411 g/mol. The van der Waals surface area contributed by atoms with Gasteiger partial charge in [-0.05, 0) is 37.8 Å². The van der Waals surface area contributed by atoms with Crippen molar-refractivity contribution in [3.63, 3.8) is 0 Å². The first-order valence-corrected chi connectivity index (χ1v) is 10.8. The molecule has 0 bridgehead atoms. The molecule has 2 aliphatic rings. The number of aromatic nitrogens is 2. The SMILES string of the molecule is CC(=O)N1CCC(Nc2nc(NC3CCN(C(C)=O)CC3)c3ccccc3n2)CC1. The third kappa shape index (κ3) is 4.63. The van der Waals surface area contributed by atoms with E-state index < -0.39 is 0 Å². The molecular weight excluding hydrogens is 380 g/mol. The molecule has 2 aliphatic heterocycles. The van der Waals surface area contributed by atoms with Gasteiger partial charge in [0, 0.05) is 57.5 Å². The lowest BCUT2D eigenvalue weighted by Gasteiger charge is -2.33. The molecule has 3 heterocycles. The van der Waals surface area contributed by atoms with Crippen LogP contribution in [0.15, 0.2) is 24.3 Å². The molecule has 0 spiro atoms. The van der Waals surface area contributed by atoms with Crippen LogP contribution in [0.25, 0.3) is 10.9 Å². The van der Waals surface area contributed by atoms with Crippen molar-refractivity contribution in [3.8, 4) is 0 Å². The van der Waals surface area contributed by atoms with Gasteiger partial charge in [-0.25, -0.2) is 4.98 Å². The molecule has 2 aromatic rings. The molecule has 160 valence electrons. The van der Waals surface area contributed by atoms with E-state index in [0.29, 0.717) is 5.95 Å². The van der Waals surface area contributed by atoms with Crippen molar-refractivity contribution < 1.29 is 9.59 Å². The standard InChI is InChI=1S/C22H30N6O2/c1-15(29)27-11-7-17(8-12-27)23-21-19-5-3-4-6-20(19)25-22(26-21)24-18-9-13-28(14-10-18)16(2)30/h3-6,17-18H,7-14H2,1-2H3,(H2,23,24,25,26). The number of nitrogens with one attached hydrogen (secondary N) is 2. The van der Waals surface area contributed by atoms with Crippen LogP contribution in [0, 0.1) is 0 Å².